The number of hydrogen-bond donors (Lipinski definition) is 1. The van der Waals surface area contributed by atoms with Crippen molar-refractivity contribution < 1.29 is 23.8 Å². The van der Waals surface area contributed by atoms with E-state index in [1.165, 1.54) is 0 Å². The maximum Gasteiger partial charge on any atom is 0.417 e. The Morgan fingerprint density at radius 2 is 1.74 bits per heavy atom. The van der Waals surface area contributed by atoms with Crippen LogP contribution in [0.5, 0.6) is 5.75 Å². The number of nitrogens with zero attached hydrogens (tertiary/aromatic N) is 2. The summed E-state index contributed by atoms with van der Waals surface area (Å²) in [6.07, 6.45) is 1.57. The SMILES string of the molecule is CCOC(=O)NC(=O)OC(C(Oc1ccc(-c2ccccc2)cc1)n1ccnc1)C(C)(C)CBr. The molecule has 2 unspecified atom stereocenters. The maximum absolute atomic E-state index is 12.5. The van der Waals surface area contributed by atoms with E-state index in [9.17, 15) is 9.59 Å². The van der Waals surface area contributed by atoms with Gasteiger partial charge in [-0.2, -0.15) is 0 Å². The zero-order valence-electron chi connectivity index (χ0n) is 19.3. The Balaban J connectivity index is 1.87. The number of ether oxygens (including phenoxy) is 3. The molecule has 0 bridgehead atoms. The smallest absolute Gasteiger partial charge is 0.417 e. The highest BCUT2D eigenvalue weighted by Gasteiger charge is 2.41. The van der Waals surface area contributed by atoms with Crippen molar-refractivity contribution in [2.24, 2.45) is 5.41 Å². The van der Waals surface area contributed by atoms with Crippen LogP contribution >= 0.6 is 15.9 Å². The number of amides is 2. The molecule has 1 N–H and O–H groups in total. The van der Waals surface area contributed by atoms with Gasteiger partial charge in [0, 0.05) is 23.1 Å². The largest absolute Gasteiger partial charge is 0.466 e. The molecule has 9 heteroatoms. The van der Waals surface area contributed by atoms with E-state index >= 15 is 0 Å². The first-order valence-corrected chi connectivity index (χ1v) is 12.0. The summed E-state index contributed by atoms with van der Waals surface area (Å²) in [5, 5.41) is 2.58. The molecule has 3 aromatic rings. The topological polar surface area (TPSA) is 91.7 Å². The van der Waals surface area contributed by atoms with Crippen LogP contribution in [0.15, 0.2) is 73.3 Å². The molecule has 0 aliphatic carbocycles. The van der Waals surface area contributed by atoms with E-state index in [1.54, 1.807) is 30.2 Å². The molecule has 2 aromatic carbocycles. The number of benzene rings is 2. The van der Waals surface area contributed by atoms with Gasteiger partial charge in [-0.3, -0.25) is 4.57 Å². The van der Waals surface area contributed by atoms with Crippen LogP contribution in [0.25, 0.3) is 11.1 Å². The maximum atomic E-state index is 12.5. The number of hydrogen-bond acceptors (Lipinski definition) is 6. The lowest BCUT2D eigenvalue weighted by Crippen LogP contribution is -2.46. The second kappa shape index (κ2) is 11.7. The molecule has 0 spiro atoms. The molecule has 1 aromatic heterocycles. The average Bonchev–Trinajstić information content (AvgIpc) is 3.37. The van der Waals surface area contributed by atoms with E-state index in [0.29, 0.717) is 11.1 Å². The molecule has 0 aliphatic heterocycles. The molecule has 0 radical (unpaired) electrons. The minimum Gasteiger partial charge on any atom is -0.466 e. The Bertz CT molecular complexity index is 1060. The zero-order chi connectivity index (χ0) is 24.6. The first-order valence-electron chi connectivity index (χ1n) is 10.8. The predicted octanol–water partition coefficient (Wildman–Crippen LogP) is 5.80. The Hall–Kier alpha value is -3.33. The van der Waals surface area contributed by atoms with Crippen molar-refractivity contribution in [2.45, 2.75) is 33.1 Å². The van der Waals surface area contributed by atoms with E-state index in [1.807, 2.05) is 68.4 Å². The lowest BCUT2D eigenvalue weighted by Gasteiger charge is -2.37. The van der Waals surface area contributed by atoms with E-state index in [-0.39, 0.29) is 6.61 Å². The molecule has 0 saturated heterocycles. The second-order valence-electron chi connectivity index (χ2n) is 8.20. The van der Waals surface area contributed by atoms with Crippen molar-refractivity contribution in [1.82, 2.24) is 14.9 Å². The van der Waals surface area contributed by atoms with Crippen LogP contribution < -0.4 is 10.1 Å². The van der Waals surface area contributed by atoms with Gasteiger partial charge in [0.05, 0.1) is 12.9 Å². The van der Waals surface area contributed by atoms with E-state index in [4.69, 9.17) is 14.2 Å². The second-order valence-corrected chi connectivity index (χ2v) is 8.76. The molecule has 0 aliphatic rings. The summed E-state index contributed by atoms with van der Waals surface area (Å²) in [6.45, 7) is 5.63. The first-order chi connectivity index (χ1) is 16.3. The Labute approximate surface area is 207 Å². The van der Waals surface area contributed by atoms with E-state index in [2.05, 4.69) is 26.2 Å². The monoisotopic (exact) mass is 529 g/mol. The van der Waals surface area contributed by atoms with Crippen LogP contribution in [0, 0.1) is 5.41 Å². The van der Waals surface area contributed by atoms with Crippen molar-refractivity contribution in [3.05, 3.63) is 73.3 Å². The van der Waals surface area contributed by atoms with Crippen molar-refractivity contribution >= 4 is 28.1 Å². The van der Waals surface area contributed by atoms with Crippen LogP contribution in [0.2, 0.25) is 0 Å². The van der Waals surface area contributed by atoms with Crippen LogP contribution in [-0.2, 0) is 9.47 Å². The van der Waals surface area contributed by atoms with Crippen LogP contribution in [0.1, 0.15) is 27.0 Å². The quantitative estimate of drug-likeness (QED) is 0.352. The van der Waals surface area contributed by atoms with Gasteiger partial charge in [0.15, 0.2) is 6.10 Å². The van der Waals surface area contributed by atoms with Gasteiger partial charge in [-0.25, -0.2) is 19.9 Å². The molecular formula is C25H28BrN3O5. The minimum atomic E-state index is -0.925. The minimum absolute atomic E-state index is 0.134. The summed E-state index contributed by atoms with van der Waals surface area (Å²) in [6, 6.07) is 17.7. The van der Waals surface area contributed by atoms with Gasteiger partial charge in [0.1, 0.15) is 5.75 Å². The Morgan fingerprint density at radius 3 is 2.32 bits per heavy atom. The number of alkyl carbamates (subject to hydrolysis) is 2. The highest BCUT2D eigenvalue weighted by molar-refractivity contribution is 9.09. The zero-order valence-corrected chi connectivity index (χ0v) is 20.9. The van der Waals surface area contributed by atoms with Gasteiger partial charge in [-0.05, 0) is 30.2 Å². The van der Waals surface area contributed by atoms with Gasteiger partial charge in [-0.1, -0.05) is 72.2 Å². The first kappa shape index (κ1) is 25.3. The number of carbonyl (C=O) groups excluding carboxylic acids is 2. The van der Waals surface area contributed by atoms with Gasteiger partial charge >= 0.3 is 12.2 Å². The molecule has 2 atom stereocenters. The Morgan fingerprint density at radius 1 is 1.06 bits per heavy atom. The van der Waals surface area contributed by atoms with Crippen molar-refractivity contribution in [3.63, 3.8) is 0 Å². The van der Waals surface area contributed by atoms with Crippen molar-refractivity contribution in [1.29, 1.82) is 0 Å². The van der Waals surface area contributed by atoms with Gasteiger partial charge in [-0.15, -0.1) is 0 Å². The fourth-order valence-corrected chi connectivity index (χ4v) is 3.59. The van der Waals surface area contributed by atoms with Crippen molar-refractivity contribution in [2.75, 3.05) is 11.9 Å². The van der Waals surface area contributed by atoms with Gasteiger partial charge in [0.25, 0.3) is 0 Å². The summed E-state index contributed by atoms with van der Waals surface area (Å²) in [7, 11) is 0. The molecule has 0 saturated carbocycles. The predicted molar refractivity (Wildman–Crippen MR) is 132 cm³/mol. The summed E-state index contributed by atoms with van der Waals surface area (Å²) in [5.41, 5.74) is 1.57. The third-order valence-corrected chi connectivity index (χ3v) is 6.57. The van der Waals surface area contributed by atoms with Crippen LogP contribution in [0.4, 0.5) is 9.59 Å². The fraction of sp³-hybridized carbons (Fsp3) is 0.320. The summed E-state index contributed by atoms with van der Waals surface area (Å²) in [5.74, 6) is 0.586. The van der Waals surface area contributed by atoms with Crippen LogP contribution in [0.3, 0.4) is 0 Å². The lowest BCUT2D eigenvalue weighted by atomic mass is 9.87. The third kappa shape index (κ3) is 6.60. The molecule has 0 fully saturated rings. The van der Waals surface area contributed by atoms with Gasteiger partial charge in [0.2, 0.25) is 6.23 Å². The third-order valence-electron chi connectivity index (χ3n) is 5.12. The van der Waals surface area contributed by atoms with Gasteiger partial charge < -0.3 is 14.2 Å². The fourth-order valence-electron chi connectivity index (χ4n) is 3.27. The Kier molecular flexibility index (Phi) is 8.70. The molecule has 180 valence electrons. The number of aromatic nitrogens is 2. The number of imide groups is 1. The molecule has 2 amide bonds. The van der Waals surface area contributed by atoms with E-state index in [0.717, 1.165) is 11.1 Å². The van der Waals surface area contributed by atoms with Crippen molar-refractivity contribution in [3.8, 4) is 16.9 Å². The standard InChI is InChI=1S/C25H28BrN3O5/c1-4-32-23(30)28-24(31)34-21(25(2,3)16-26)22(29-15-14-27-17-29)33-20-12-10-19(11-13-20)18-8-6-5-7-9-18/h5-15,17,21-22H,4,16H2,1-3H3,(H,28,30,31). The molecule has 1 heterocycles. The van der Waals surface area contributed by atoms with Crippen LogP contribution in [-0.4, -0.2) is 39.8 Å². The normalized spacial score (nSPS) is 12.9. The number of halogens is 1. The molecule has 34 heavy (non-hydrogen) atoms. The molecule has 8 nitrogen and oxygen atoms in total. The summed E-state index contributed by atoms with van der Waals surface area (Å²) >= 11 is 3.51. The average molecular weight is 530 g/mol. The van der Waals surface area contributed by atoms with E-state index < -0.39 is 29.9 Å². The lowest BCUT2D eigenvalue weighted by molar-refractivity contribution is -0.0721. The summed E-state index contributed by atoms with van der Waals surface area (Å²) < 4.78 is 18.5. The number of carbonyl (C=O) groups is 2. The molecule has 3 rings (SSSR count). The molecular weight excluding hydrogens is 502 g/mol. The number of imidazole rings is 1. The highest BCUT2D eigenvalue weighted by Crippen LogP contribution is 2.35. The number of nitrogens with one attached hydrogen (secondary N) is 1. The highest BCUT2D eigenvalue weighted by atomic mass is 79.9. The number of alkyl halides is 1. The summed E-state index contributed by atoms with van der Waals surface area (Å²) in [4.78, 5) is 28.3. The number of rotatable bonds is 9.